The molecule has 0 aromatic carbocycles. The van der Waals surface area contributed by atoms with Gasteiger partial charge in [0.2, 0.25) is 0 Å². The molecule has 1 rings (SSSR count). The molecule has 0 aliphatic carbocycles. The van der Waals surface area contributed by atoms with Gasteiger partial charge in [0, 0.05) is 24.9 Å². The fraction of sp³-hybridized carbons (Fsp3) is 0.600. The van der Waals surface area contributed by atoms with E-state index in [1.165, 1.54) is 0 Å². The van der Waals surface area contributed by atoms with Crippen molar-refractivity contribution in [1.29, 1.82) is 0 Å². The van der Waals surface area contributed by atoms with Crippen molar-refractivity contribution < 1.29 is 9.90 Å². The van der Waals surface area contributed by atoms with Gasteiger partial charge in [0.1, 0.15) is 5.54 Å². The van der Waals surface area contributed by atoms with E-state index >= 15 is 0 Å². The number of likely N-dealkylation sites (N-methyl/N-ethyl adjacent to an activating group) is 1. The van der Waals surface area contributed by atoms with Crippen LogP contribution in [0.25, 0.3) is 0 Å². The second-order valence-corrected chi connectivity index (χ2v) is 5.55. The van der Waals surface area contributed by atoms with Gasteiger partial charge >= 0.3 is 5.97 Å². The number of nitrogens with two attached hydrogens (primary N) is 1. The van der Waals surface area contributed by atoms with E-state index in [1.807, 2.05) is 24.4 Å². The minimum atomic E-state index is -1.10. The van der Waals surface area contributed by atoms with Crippen LogP contribution in [0.5, 0.6) is 0 Å². The van der Waals surface area contributed by atoms with Crippen LogP contribution in [0, 0.1) is 0 Å². The zero-order valence-electron chi connectivity index (χ0n) is 12.4. The van der Waals surface area contributed by atoms with Crippen molar-refractivity contribution in [3.05, 3.63) is 30.1 Å². The number of unbranched alkanes of at least 4 members (excludes halogenated alkanes) is 1. The van der Waals surface area contributed by atoms with E-state index in [0.29, 0.717) is 6.42 Å². The highest BCUT2D eigenvalue weighted by atomic mass is 16.4. The molecule has 1 heterocycles. The van der Waals surface area contributed by atoms with Gasteiger partial charge in [-0.25, -0.2) is 0 Å². The molecule has 0 aliphatic rings. The summed E-state index contributed by atoms with van der Waals surface area (Å²) >= 11 is 0. The predicted octanol–water partition coefficient (Wildman–Crippen LogP) is 1.53. The lowest BCUT2D eigenvalue weighted by molar-refractivity contribution is -0.142. The SMILES string of the molecule is CN(CCCCC(C)(N)C(=O)O)CCc1ccccn1. The van der Waals surface area contributed by atoms with Gasteiger partial charge in [0.25, 0.3) is 0 Å². The Hall–Kier alpha value is -1.46. The number of aliphatic carboxylic acids is 1. The summed E-state index contributed by atoms with van der Waals surface area (Å²) in [6.45, 7) is 3.47. The van der Waals surface area contributed by atoms with Gasteiger partial charge < -0.3 is 15.7 Å². The summed E-state index contributed by atoms with van der Waals surface area (Å²) in [5, 5.41) is 8.92. The average molecular weight is 279 g/mol. The Kier molecular flexibility index (Phi) is 6.61. The Bertz CT molecular complexity index is 407. The molecule has 1 aromatic rings. The first-order chi connectivity index (χ1) is 9.42. The van der Waals surface area contributed by atoms with E-state index in [2.05, 4.69) is 16.9 Å². The summed E-state index contributed by atoms with van der Waals surface area (Å²) in [6.07, 6.45) is 5.03. The normalized spacial score (nSPS) is 14.2. The Morgan fingerprint density at radius 1 is 1.40 bits per heavy atom. The molecule has 0 aliphatic heterocycles. The number of hydrogen-bond donors (Lipinski definition) is 2. The van der Waals surface area contributed by atoms with Crippen LogP contribution in [-0.4, -0.2) is 46.6 Å². The molecular weight excluding hydrogens is 254 g/mol. The van der Waals surface area contributed by atoms with E-state index in [1.54, 1.807) is 6.92 Å². The van der Waals surface area contributed by atoms with E-state index in [4.69, 9.17) is 10.8 Å². The van der Waals surface area contributed by atoms with Gasteiger partial charge in [0.15, 0.2) is 0 Å². The van der Waals surface area contributed by atoms with E-state index in [9.17, 15) is 4.79 Å². The van der Waals surface area contributed by atoms with Gasteiger partial charge in [0.05, 0.1) is 0 Å². The number of pyridine rings is 1. The summed E-state index contributed by atoms with van der Waals surface area (Å²) in [6, 6.07) is 5.94. The molecule has 1 aromatic heterocycles. The van der Waals surface area contributed by atoms with E-state index < -0.39 is 11.5 Å². The fourth-order valence-corrected chi connectivity index (χ4v) is 1.94. The first-order valence-corrected chi connectivity index (χ1v) is 7.02. The molecule has 0 radical (unpaired) electrons. The van der Waals surface area contributed by atoms with Crippen LogP contribution >= 0.6 is 0 Å². The Balaban J connectivity index is 2.15. The van der Waals surface area contributed by atoms with Crippen molar-refractivity contribution in [3.8, 4) is 0 Å². The Morgan fingerprint density at radius 3 is 2.75 bits per heavy atom. The average Bonchev–Trinajstić information content (AvgIpc) is 2.42. The predicted molar refractivity (Wildman–Crippen MR) is 79.5 cm³/mol. The third-order valence-corrected chi connectivity index (χ3v) is 3.45. The summed E-state index contributed by atoms with van der Waals surface area (Å²) in [7, 11) is 2.07. The molecule has 1 atom stereocenters. The number of nitrogens with zero attached hydrogens (tertiary/aromatic N) is 2. The maximum absolute atomic E-state index is 10.9. The van der Waals surface area contributed by atoms with Crippen LogP contribution in [0.4, 0.5) is 0 Å². The zero-order valence-corrected chi connectivity index (χ0v) is 12.4. The summed E-state index contributed by atoms with van der Waals surface area (Å²) in [5.41, 5.74) is 5.68. The molecule has 5 heteroatoms. The van der Waals surface area contributed by atoms with E-state index in [0.717, 1.165) is 38.0 Å². The lowest BCUT2D eigenvalue weighted by Gasteiger charge is -2.20. The largest absolute Gasteiger partial charge is 0.480 e. The van der Waals surface area contributed by atoms with Crippen molar-refractivity contribution in [2.75, 3.05) is 20.1 Å². The van der Waals surface area contributed by atoms with Crippen LogP contribution in [-0.2, 0) is 11.2 Å². The third kappa shape index (κ3) is 6.12. The maximum atomic E-state index is 10.9. The topological polar surface area (TPSA) is 79.5 Å². The van der Waals surface area contributed by atoms with Gasteiger partial charge in [-0.05, 0) is 51.9 Å². The van der Waals surface area contributed by atoms with Gasteiger partial charge in [-0.2, -0.15) is 0 Å². The van der Waals surface area contributed by atoms with Crippen LogP contribution in [0.15, 0.2) is 24.4 Å². The summed E-state index contributed by atoms with van der Waals surface area (Å²) in [5.74, 6) is -0.930. The van der Waals surface area contributed by atoms with Crippen molar-refractivity contribution >= 4 is 5.97 Å². The number of rotatable bonds is 9. The molecule has 0 saturated carbocycles. The smallest absolute Gasteiger partial charge is 0.323 e. The minimum Gasteiger partial charge on any atom is -0.480 e. The first-order valence-electron chi connectivity index (χ1n) is 7.02. The molecule has 5 nitrogen and oxygen atoms in total. The van der Waals surface area contributed by atoms with Gasteiger partial charge in [-0.3, -0.25) is 9.78 Å². The molecule has 0 saturated heterocycles. The van der Waals surface area contributed by atoms with E-state index in [-0.39, 0.29) is 0 Å². The maximum Gasteiger partial charge on any atom is 0.323 e. The molecular formula is C15H25N3O2. The Labute approximate surface area is 120 Å². The van der Waals surface area contributed by atoms with Crippen molar-refractivity contribution in [1.82, 2.24) is 9.88 Å². The van der Waals surface area contributed by atoms with Crippen LogP contribution < -0.4 is 5.73 Å². The van der Waals surface area contributed by atoms with Crippen molar-refractivity contribution in [2.45, 2.75) is 38.1 Å². The lowest BCUT2D eigenvalue weighted by Crippen LogP contribution is -2.44. The molecule has 3 N–H and O–H groups in total. The highest BCUT2D eigenvalue weighted by Gasteiger charge is 2.26. The monoisotopic (exact) mass is 279 g/mol. The van der Waals surface area contributed by atoms with Gasteiger partial charge in [-0.1, -0.05) is 6.07 Å². The van der Waals surface area contributed by atoms with Crippen LogP contribution in [0.1, 0.15) is 31.9 Å². The number of carboxylic acids is 1. The van der Waals surface area contributed by atoms with Crippen molar-refractivity contribution in [3.63, 3.8) is 0 Å². The van der Waals surface area contributed by atoms with Gasteiger partial charge in [-0.15, -0.1) is 0 Å². The molecule has 20 heavy (non-hydrogen) atoms. The second kappa shape index (κ2) is 7.97. The fourth-order valence-electron chi connectivity index (χ4n) is 1.94. The molecule has 112 valence electrons. The highest BCUT2D eigenvalue weighted by molar-refractivity contribution is 5.77. The zero-order chi connectivity index (χ0) is 15.0. The van der Waals surface area contributed by atoms with Crippen LogP contribution in [0.2, 0.25) is 0 Å². The first kappa shape index (κ1) is 16.6. The Morgan fingerprint density at radius 2 is 2.15 bits per heavy atom. The molecule has 0 spiro atoms. The highest BCUT2D eigenvalue weighted by Crippen LogP contribution is 2.11. The standard InChI is InChI=1S/C15H25N3O2/c1-15(16,14(19)20)9-4-6-11-18(2)12-8-13-7-3-5-10-17-13/h3,5,7,10H,4,6,8-9,11-12,16H2,1-2H3,(H,19,20). The molecule has 1 unspecified atom stereocenters. The second-order valence-electron chi connectivity index (χ2n) is 5.55. The number of hydrogen-bond acceptors (Lipinski definition) is 4. The molecule has 0 bridgehead atoms. The number of aromatic nitrogens is 1. The van der Waals surface area contributed by atoms with Crippen molar-refractivity contribution in [2.24, 2.45) is 5.73 Å². The minimum absolute atomic E-state index is 0.510. The van der Waals surface area contributed by atoms with Crippen LogP contribution in [0.3, 0.4) is 0 Å². The number of carbonyl (C=O) groups is 1. The quantitative estimate of drug-likeness (QED) is 0.670. The third-order valence-electron chi connectivity index (χ3n) is 3.45. The summed E-state index contributed by atoms with van der Waals surface area (Å²) < 4.78 is 0. The molecule has 0 fully saturated rings. The molecule has 0 amide bonds. The number of carboxylic acid groups (broad SMARTS) is 1. The lowest BCUT2D eigenvalue weighted by atomic mass is 9.96. The summed E-state index contributed by atoms with van der Waals surface area (Å²) in [4.78, 5) is 17.4.